The van der Waals surface area contributed by atoms with Crippen LogP contribution in [0.15, 0.2) is 22.7 Å². The zero-order chi connectivity index (χ0) is 9.60. The van der Waals surface area contributed by atoms with Gasteiger partial charge in [0, 0.05) is 10.0 Å². The van der Waals surface area contributed by atoms with Crippen molar-refractivity contribution in [2.24, 2.45) is 0 Å². The molecule has 1 heterocycles. The van der Waals surface area contributed by atoms with Crippen molar-refractivity contribution in [1.29, 1.82) is 0 Å². The Morgan fingerprint density at radius 3 is 2.79 bits per heavy atom. The summed E-state index contributed by atoms with van der Waals surface area (Å²) in [5.74, 6) is 0. The highest BCUT2D eigenvalue weighted by molar-refractivity contribution is 9.10. The molecule has 1 aliphatic heterocycles. The molecular weight excluding hydrogens is 238 g/mol. The van der Waals surface area contributed by atoms with E-state index in [1.807, 2.05) is 0 Å². The highest BCUT2D eigenvalue weighted by atomic mass is 79.9. The minimum absolute atomic E-state index is 0.473. The smallest absolute Gasteiger partial charge is 0.0237 e. The first-order chi connectivity index (χ1) is 6.77. The predicted molar refractivity (Wildman–Crippen MR) is 61.5 cm³/mol. The van der Waals surface area contributed by atoms with E-state index in [0.29, 0.717) is 5.54 Å². The van der Waals surface area contributed by atoms with Gasteiger partial charge >= 0.3 is 0 Å². The molecule has 0 aromatic heterocycles. The molecule has 1 aromatic carbocycles. The van der Waals surface area contributed by atoms with E-state index in [0.717, 1.165) is 0 Å². The molecule has 1 N–H and O–H groups in total. The van der Waals surface area contributed by atoms with Gasteiger partial charge in [-0.3, -0.25) is 0 Å². The van der Waals surface area contributed by atoms with E-state index in [1.165, 1.54) is 36.7 Å². The van der Waals surface area contributed by atoms with Crippen LogP contribution < -0.4 is 5.32 Å². The second-order valence-corrected chi connectivity index (χ2v) is 5.46. The van der Waals surface area contributed by atoms with Crippen molar-refractivity contribution >= 4 is 15.9 Å². The van der Waals surface area contributed by atoms with Gasteiger partial charge in [-0.15, -0.1) is 0 Å². The van der Waals surface area contributed by atoms with Gasteiger partial charge in [0.05, 0.1) is 0 Å². The molecule has 0 bridgehead atoms. The quantitative estimate of drug-likeness (QED) is 0.748. The third kappa shape index (κ3) is 1.32. The van der Waals surface area contributed by atoms with Crippen LogP contribution in [0.5, 0.6) is 0 Å². The van der Waals surface area contributed by atoms with Crippen LogP contribution in [0.25, 0.3) is 0 Å². The SMILES string of the molecule is Brc1ccc2c(c1)CC[C@@]1(CCN1)C2. The Labute approximate surface area is 93.0 Å². The average Bonchev–Trinajstić information content (AvgIpc) is 2.15. The molecule has 1 saturated heterocycles. The van der Waals surface area contributed by atoms with Gasteiger partial charge in [-0.2, -0.15) is 0 Å². The van der Waals surface area contributed by atoms with E-state index in [4.69, 9.17) is 0 Å². The molecule has 1 nitrogen and oxygen atoms in total. The van der Waals surface area contributed by atoms with Crippen LogP contribution in [-0.2, 0) is 12.8 Å². The molecule has 74 valence electrons. The number of halogens is 1. The fourth-order valence-corrected chi connectivity index (χ4v) is 3.08. The van der Waals surface area contributed by atoms with Gasteiger partial charge in [0.15, 0.2) is 0 Å². The van der Waals surface area contributed by atoms with Gasteiger partial charge in [-0.1, -0.05) is 22.0 Å². The summed E-state index contributed by atoms with van der Waals surface area (Å²) < 4.78 is 1.22. The molecule has 14 heavy (non-hydrogen) atoms. The Hall–Kier alpha value is -0.340. The van der Waals surface area contributed by atoms with Crippen molar-refractivity contribution in [3.63, 3.8) is 0 Å². The molecule has 2 aliphatic rings. The lowest BCUT2D eigenvalue weighted by atomic mass is 9.72. The van der Waals surface area contributed by atoms with Crippen LogP contribution in [0.2, 0.25) is 0 Å². The van der Waals surface area contributed by atoms with Crippen molar-refractivity contribution in [2.45, 2.75) is 31.2 Å². The highest BCUT2D eigenvalue weighted by Crippen LogP contribution is 2.35. The summed E-state index contributed by atoms with van der Waals surface area (Å²) in [5.41, 5.74) is 3.56. The molecule has 3 rings (SSSR count). The fraction of sp³-hybridized carbons (Fsp3) is 0.500. The van der Waals surface area contributed by atoms with Gasteiger partial charge in [0.2, 0.25) is 0 Å². The van der Waals surface area contributed by atoms with Crippen molar-refractivity contribution in [3.8, 4) is 0 Å². The van der Waals surface area contributed by atoms with Gasteiger partial charge in [-0.25, -0.2) is 0 Å². The van der Waals surface area contributed by atoms with Crippen LogP contribution in [0.3, 0.4) is 0 Å². The van der Waals surface area contributed by atoms with Crippen LogP contribution >= 0.6 is 15.9 Å². The number of hydrogen-bond acceptors (Lipinski definition) is 1. The first-order valence-corrected chi connectivity index (χ1v) is 6.09. The fourth-order valence-electron chi connectivity index (χ4n) is 2.67. The van der Waals surface area contributed by atoms with Crippen LogP contribution in [0.1, 0.15) is 24.0 Å². The maximum atomic E-state index is 3.60. The molecule has 0 amide bonds. The lowest BCUT2D eigenvalue weighted by molar-refractivity contribution is 0.181. The number of rotatable bonds is 0. The Kier molecular flexibility index (Phi) is 1.96. The number of benzene rings is 1. The Balaban J connectivity index is 1.94. The second-order valence-electron chi connectivity index (χ2n) is 4.55. The van der Waals surface area contributed by atoms with E-state index in [1.54, 1.807) is 11.1 Å². The van der Waals surface area contributed by atoms with E-state index in [-0.39, 0.29) is 0 Å². The monoisotopic (exact) mass is 251 g/mol. The van der Waals surface area contributed by atoms with Crippen molar-refractivity contribution in [3.05, 3.63) is 33.8 Å². The van der Waals surface area contributed by atoms with E-state index in [9.17, 15) is 0 Å². The molecule has 2 heteroatoms. The summed E-state index contributed by atoms with van der Waals surface area (Å²) in [7, 11) is 0. The third-order valence-electron chi connectivity index (χ3n) is 3.67. The Morgan fingerprint density at radius 1 is 1.21 bits per heavy atom. The maximum absolute atomic E-state index is 3.60. The van der Waals surface area contributed by atoms with E-state index in [2.05, 4.69) is 39.4 Å². The average molecular weight is 252 g/mol. The van der Waals surface area contributed by atoms with Gasteiger partial charge in [0.1, 0.15) is 0 Å². The molecular formula is C12H14BrN. The zero-order valence-electron chi connectivity index (χ0n) is 8.15. The summed E-state index contributed by atoms with van der Waals surface area (Å²) in [5, 5.41) is 3.60. The molecule has 1 aromatic rings. The van der Waals surface area contributed by atoms with Gasteiger partial charge in [-0.05, 0) is 55.5 Å². The molecule has 1 atom stereocenters. The van der Waals surface area contributed by atoms with Gasteiger partial charge in [0.25, 0.3) is 0 Å². The maximum Gasteiger partial charge on any atom is 0.0237 e. The van der Waals surface area contributed by atoms with Crippen molar-refractivity contribution in [1.82, 2.24) is 5.32 Å². The second kappa shape index (κ2) is 3.07. The largest absolute Gasteiger partial charge is 0.311 e. The Morgan fingerprint density at radius 2 is 2.07 bits per heavy atom. The molecule has 1 aliphatic carbocycles. The number of hydrogen-bond donors (Lipinski definition) is 1. The van der Waals surface area contributed by atoms with Crippen molar-refractivity contribution < 1.29 is 0 Å². The lowest BCUT2D eigenvalue weighted by Gasteiger charge is -2.46. The molecule has 0 radical (unpaired) electrons. The van der Waals surface area contributed by atoms with Crippen molar-refractivity contribution in [2.75, 3.05) is 6.54 Å². The first-order valence-electron chi connectivity index (χ1n) is 5.30. The molecule has 0 saturated carbocycles. The summed E-state index contributed by atoms with van der Waals surface area (Å²) >= 11 is 3.53. The summed E-state index contributed by atoms with van der Waals surface area (Å²) in [6, 6.07) is 6.72. The normalized spacial score (nSPS) is 29.8. The number of aryl methyl sites for hydroxylation is 1. The Bertz CT molecular complexity index is 369. The third-order valence-corrected chi connectivity index (χ3v) is 4.17. The topological polar surface area (TPSA) is 12.0 Å². The lowest BCUT2D eigenvalue weighted by Crippen LogP contribution is -2.59. The summed E-state index contributed by atoms with van der Waals surface area (Å²) in [6.45, 7) is 1.21. The number of fused-ring (bicyclic) bond motifs is 1. The first kappa shape index (κ1) is 8.93. The van der Waals surface area contributed by atoms with Crippen LogP contribution in [0.4, 0.5) is 0 Å². The summed E-state index contributed by atoms with van der Waals surface area (Å²) in [6.07, 6.45) is 5.15. The predicted octanol–water partition coefficient (Wildman–Crippen LogP) is 2.67. The number of nitrogens with one attached hydrogen (secondary N) is 1. The minimum atomic E-state index is 0.473. The van der Waals surface area contributed by atoms with Gasteiger partial charge < -0.3 is 5.32 Å². The molecule has 1 fully saturated rings. The van der Waals surface area contributed by atoms with Crippen LogP contribution in [0, 0.1) is 0 Å². The summed E-state index contributed by atoms with van der Waals surface area (Å²) in [4.78, 5) is 0. The highest BCUT2D eigenvalue weighted by Gasteiger charge is 2.38. The van der Waals surface area contributed by atoms with E-state index < -0.39 is 0 Å². The zero-order valence-corrected chi connectivity index (χ0v) is 9.73. The van der Waals surface area contributed by atoms with Crippen LogP contribution in [-0.4, -0.2) is 12.1 Å². The minimum Gasteiger partial charge on any atom is -0.311 e. The molecule has 0 unspecified atom stereocenters. The molecule has 1 spiro atoms. The van der Waals surface area contributed by atoms with E-state index >= 15 is 0 Å². The standard InChI is InChI=1S/C12H14BrN/c13-11-2-1-10-8-12(5-6-14-12)4-3-9(10)7-11/h1-2,7,14H,3-6,8H2/t12-/m1/s1.